The topological polar surface area (TPSA) is 28.1 Å². The Morgan fingerprint density at radius 2 is 2.00 bits per heavy atom. The van der Waals surface area contributed by atoms with Gasteiger partial charge in [-0.25, -0.2) is 5.01 Å². The SMILES string of the molecule is CN1CCC2(CC1)Oc1ccc(Br)cc1[C@H]1CC(c3ccc(Br)s3)=NN12. The smallest absolute Gasteiger partial charge is 0.200 e. The van der Waals surface area contributed by atoms with E-state index in [0.717, 1.165) is 46.4 Å². The van der Waals surface area contributed by atoms with Crippen molar-refractivity contribution in [2.75, 3.05) is 20.1 Å². The zero-order valence-corrected chi connectivity index (χ0v) is 18.4. The van der Waals surface area contributed by atoms with Crippen LogP contribution in [0.4, 0.5) is 0 Å². The molecular formula is C19H19Br2N3OS. The molecule has 1 spiro atoms. The molecule has 0 aliphatic carbocycles. The Balaban J connectivity index is 1.59. The molecule has 2 aromatic rings. The van der Waals surface area contributed by atoms with E-state index in [1.54, 1.807) is 11.3 Å². The highest BCUT2D eigenvalue weighted by Gasteiger charge is 2.51. The number of fused-ring (bicyclic) bond motifs is 4. The molecule has 1 fully saturated rings. The van der Waals surface area contributed by atoms with E-state index in [2.05, 4.69) is 79.1 Å². The number of ether oxygens (including phenoxy) is 1. The minimum Gasteiger partial charge on any atom is -0.466 e. The molecule has 0 amide bonds. The van der Waals surface area contributed by atoms with Gasteiger partial charge in [0.15, 0.2) is 0 Å². The van der Waals surface area contributed by atoms with Crippen molar-refractivity contribution in [1.29, 1.82) is 0 Å². The van der Waals surface area contributed by atoms with Crippen LogP contribution < -0.4 is 4.74 Å². The van der Waals surface area contributed by atoms with Gasteiger partial charge >= 0.3 is 0 Å². The zero-order valence-electron chi connectivity index (χ0n) is 14.4. The number of rotatable bonds is 1. The third kappa shape index (κ3) is 2.75. The lowest BCUT2D eigenvalue weighted by molar-refractivity contribution is -0.147. The molecule has 5 rings (SSSR count). The van der Waals surface area contributed by atoms with Crippen LogP contribution in [0.1, 0.15) is 35.7 Å². The molecule has 136 valence electrons. The fourth-order valence-corrected chi connectivity index (χ4v) is 5.93. The second kappa shape index (κ2) is 6.33. The van der Waals surface area contributed by atoms with Crippen molar-refractivity contribution in [2.45, 2.75) is 31.0 Å². The first-order valence-corrected chi connectivity index (χ1v) is 11.2. The number of nitrogens with zero attached hydrogens (tertiary/aromatic N) is 3. The van der Waals surface area contributed by atoms with Crippen LogP contribution in [0.3, 0.4) is 0 Å². The zero-order chi connectivity index (χ0) is 17.9. The lowest BCUT2D eigenvalue weighted by Crippen LogP contribution is -2.58. The van der Waals surface area contributed by atoms with Gasteiger partial charge in [-0.05, 0) is 53.3 Å². The van der Waals surface area contributed by atoms with Crippen molar-refractivity contribution >= 4 is 48.9 Å². The summed E-state index contributed by atoms with van der Waals surface area (Å²) in [6.07, 6.45) is 2.87. The summed E-state index contributed by atoms with van der Waals surface area (Å²) in [5, 5.41) is 7.38. The molecule has 26 heavy (non-hydrogen) atoms. The van der Waals surface area contributed by atoms with Gasteiger partial charge in [-0.2, -0.15) is 5.10 Å². The molecule has 1 aromatic heterocycles. The molecule has 1 aromatic carbocycles. The number of hydrazone groups is 1. The number of benzene rings is 1. The monoisotopic (exact) mass is 495 g/mol. The fourth-order valence-electron chi connectivity index (χ4n) is 4.17. The average molecular weight is 497 g/mol. The molecule has 0 radical (unpaired) electrons. The second-order valence-electron chi connectivity index (χ2n) is 7.25. The van der Waals surface area contributed by atoms with Crippen LogP contribution in [0.15, 0.2) is 43.7 Å². The van der Waals surface area contributed by atoms with Crippen LogP contribution in [0.25, 0.3) is 0 Å². The minimum atomic E-state index is -0.325. The van der Waals surface area contributed by atoms with Crippen molar-refractivity contribution < 1.29 is 4.74 Å². The maximum absolute atomic E-state index is 6.63. The van der Waals surface area contributed by atoms with Crippen LogP contribution in [0.5, 0.6) is 5.75 Å². The summed E-state index contributed by atoms with van der Waals surface area (Å²) in [7, 11) is 2.18. The Morgan fingerprint density at radius 1 is 1.19 bits per heavy atom. The van der Waals surface area contributed by atoms with Crippen LogP contribution in [0.2, 0.25) is 0 Å². The number of hydrogen-bond donors (Lipinski definition) is 0. The van der Waals surface area contributed by atoms with Gasteiger partial charge in [0.25, 0.3) is 0 Å². The first-order chi connectivity index (χ1) is 12.5. The highest BCUT2D eigenvalue weighted by Crippen LogP contribution is 2.50. The lowest BCUT2D eigenvalue weighted by Gasteiger charge is -2.50. The third-order valence-corrected chi connectivity index (χ3v) is 7.75. The molecule has 0 saturated carbocycles. The van der Waals surface area contributed by atoms with Gasteiger partial charge in [0.05, 0.1) is 20.4 Å². The summed E-state index contributed by atoms with van der Waals surface area (Å²) >= 11 is 8.96. The summed E-state index contributed by atoms with van der Waals surface area (Å²) in [4.78, 5) is 3.61. The first kappa shape index (κ1) is 17.2. The summed E-state index contributed by atoms with van der Waals surface area (Å²) in [5.74, 6) is 1.02. The Bertz CT molecular complexity index is 889. The van der Waals surface area contributed by atoms with E-state index >= 15 is 0 Å². The first-order valence-electron chi connectivity index (χ1n) is 8.84. The van der Waals surface area contributed by atoms with E-state index < -0.39 is 0 Å². The van der Waals surface area contributed by atoms with Crippen molar-refractivity contribution in [2.24, 2.45) is 5.10 Å². The van der Waals surface area contributed by atoms with Gasteiger partial charge in [-0.15, -0.1) is 11.3 Å². The van der Waals surface area contributed by atoms with Crippen molar-refractivity contribution in [3.05, 3.63) is 49.0 Å². The maximum Gasteiger partial charge on any atom is 0.200 e. The Morgan fingerprint density at radius 3 is 2.73 bits per heavy atom. The van der Waals surface area contributed by atoms with Crippen LogP contribution in [-0.4, -0.2) is 41.5 Å². The highest BCUT2D eigenvalue weighted by atomic mass is 79.9. The molecule has 7 heteroatoms. The Labute approximate surface area is 174 Å². The molecule has 3 aliphatic heterocycles. The highest BCUT2D eigenvalue weighted by molar-refractivity contribution is 9.11. The molecule has 0 bridgehead atoms. The van der Waals surface area contributed by atoms with Gasteiger partial charge in [-0.1, -0.05) is 15.9 Å². The predicted molar refractivity (Wildman–Crippen MR) is 112 cm³/mol. The molecule has 0 unspecified atom stereocenters. The van der Waals surface area contributed by atoms with E-state index in [4.69, 9.17) is 9.84 Å². The van der Waals surface area contributed by atoms with Crippen molar-refractivity contribution in [3.8, 4) is 5.75 Å². The van der Waals surface area contributed by atoms with Gasteiger partial charge in [0, 0.05) is 42.4 Å². The minimum absolute atomic E-state index is 0.246. The third-order valence-electron chi connectivity index (χ3n) is 5.58. The van der Waals surface area contributed by atoms with E-state index in [1.165, 1.54) is 16.2 Å². The lowest BCUT2D eigenvalue weighted by atomic mass is 9.91. The largest absolute Gasteiger partial charge is 0.466 e. The molecule has 1 saturated heterocycles. The second-order valence-corrected chi connectivity index (χ2v) is 10.6. The summed E-state index contributed by atoms with van der Waals surface area (Å²) in [5.41, 5.74) is 2.08. The quantitative estimate of drug-likeness (QED) is 0.540. The summed E-state index contributed by atoms with van der Waals surface area (Å²) < 4.78 is 8.87. The van der Waals surface area contributed by atoms with Crippen molar-refractivity contribution in [3.63, 3.8) is 0 Å². The number of halogens is 2. The van der Waals surface area contributed by atoms with Gasteiger partial charge in [-0.3, -0.25) is 0 Å². The number of likely N-dealkylation sites (tertiary alicyclic amines) is 1. The summed E-state index contributed by atoms with van der Waals surface area (Å²) in [6, 6.07) is 10.9. The van der Waals surface area contributed by atoms with Crippen LogP contribution in [-0.2, 0) is 0 Å². The van der Waals surface area contributed by atoms with Gasteiger partial charge < -0.3 is 9.64 Å². The Hall–Kier alpha value is -0.890. The maximum atomic E-state index is 6.63. The van der Waals surface area contributed by atoms with Crippen LogP contribution >= 0.6 is 43.2 Å². The molecule has 0 N–H and O–H groups in total. The van der Waals surface area contributed by atoms with E-state index in [9.17, 15) is 0 Å². The van der Waals surface area contributed by atoms with Gasteiger partial charge in [0.1, 0.15) is 5.75 Å². The number of piperidine rings is 1. The Kier molecular flexibility index (Phi) is 4.19. The standard InChI is InChI=1S/C19H19Br2N3OS/c1-23-8-6-19(7-9-23)24-15(13-10-12(20)2-3-16(13)25-19)11-14(22-24)17-4-5-18(21)26-17/h2-5,10,15H,6-9,11H2,1H3/t15-/m1/s1. The van der Waals surface area contributed by atoms with Crippen molar-refractivity contribution in [1.82, 2.24) is 9.91 Å². The molecule has 4 nitrogen and oxygen atoms in total. The average Bonchev–Trinajstić information content (AvgIpc) is 3.25. The fraction of sp³-hybridized carbons (Fsp3) is 0.421. The van der Waals surface area contributed by atoms with E-state index in [-0.39, 0.29) is 11.8 Å². The van der Waals surface area contributed by atoms with E-state index in [1.807, 2.05) is 0 Å². The number of hydrogen-bond acceptors (Lipinski definition) is 5. The van der Waals surface area contributed by atoms with Gasteiger partial charge in [0.2, 0.25) is 5.72 Å². The molecule has 4 heterocycles. The predicted octanol–water partition coefficient (Wildman–Crippen LogP) is 5.24. The summed E-state index contributed by atoms with van der Waals surface area (Å²) in [6.45, 7) is 2.06. The normalized spacial score (nSPS) is 24.2. The molecular weight excluding hydrogens is 478 g/mol. The molecule has 1 atom stereocenters. The van der Waals surface area contributed by atoms with Crippen LogP contribution in [0, 0.1) is 0 Å². The van der Waals surface area contributed by atoms with E-state index in [0.29, 0.717) is 0 Å². The molecule has 3 aliphatic rings. The number of thiophene rings is 1.